The number of fused-ring (bicyclic) bond motifs is 12. The number of nitriles is 1. The lowest BCUT2D eigenvalue weighted by Gasteiger charge is -2.32. The maximum absolute atomic E-state index is 10.9. The Hall–Kier alpha value is -6.54. The molecule has 1 spiro atoms. The van der Waals surface area contributed by atoms with Gasteiger partial charge in [-0.1, -0.05) is 139 Å². The van der Waals surface area contributed by atoms with E-state index in [0.717, 1.165) is 99.2 Å². The first-order valence-corrected chi connectivity index (χ1v) is 18.2. The molecule has 0 radical (unpaired) electrons. The molecule has 0 N–H and O–H groups in total. The van der Waals surface area contributed by atoms with Crippen LogP contribution in [0.2, 0.25) is 0 Å². The molecule has 8 aromatic rings. The van der Waals surface area contributed by atoms with Crippen molar-refractivity contribution in [3.05, 3.63) is 198 Å². The zero-order valence-electron chi connectivity index (χ0n) is 27.8. The van der Waals surface area contributed by atoms with Crippen molar-refractivity contribution in [3.8, 4) is 56.3 Å². The Balaban J connectivity index is 1.22. The number of para-hydroxylation sites is 2. The van der Waals surface area contributed by atoms with Crippen LogP contribution in [0.3, 0.4) is 0 Å². The summed E-state index contributed by atoms with van der Waals surface area (Å²) in [5.74, 6) is 2.60. The topological polar surface area (TPSA) is 46.2 Å². The van der Waals surface area contributed by atoms with Gasteiger partial charge < -0.3 is 9.15 Å². The quantitative estimate of drug-likeness (QED) is 0.186. The molecule has 2 heterocycles. The molecular formula is C48H27NO2S. The maximum atomic E-state index is 10.9. The van der Waals surface area contributed by atoms with Crippen LogP contribution in [0.5, 0.6) is 5.75 Å². The summed E-state index contributed by atoms with van der Waals surface area (Å²) in [6.45, 7) is 0. The number of furan rings is 1. The van der Waals surface area contributed by atoms with Crippen LogP contribution in [0.1, 0.15) is 28.0 Å². The van der Waals surface area contributed by atoms with E-state index in [0.29, 0.717) is 5.56 Å². The molecule has 3 aliphatic rings. The van der Waals surface area contributed by atoms with Crippen molar-refractivity contribution in [1.82, 2.24) is 0 Å². The summed E-state index contributed by atoms with van der Waals surface area (Å²) in [6, 6.07) is 59.5. The number of benzene rings is 7. The minimum absolute atomic E-state index is 0.643. The number of hydrogen-bond acceptors (Lipinski definition) is 4. The largest absolute Gasteiger partial charge is 0.459 e. The van der Waals surface area contributed by atoms with Gasteiger partial charge in [0.05, 0.1) is 15.4 Å². The normalized spacial score (nSPS) is 16.1. The second-order valence-electron chi connectivity index (χ2n) is 13.5. The number of nitrogens with zero attached hydrogens (tertiary/aromatic N) is 1. The van der Waals surface area contributed by atoms with Gasteiger partial charge in [-0.25, -0.2) is 0 Å². The summed E-state index contributed by atoms with van der Waals surface area (Å²) in [5.41, 5.74) is 12.2. The van der Waals surface area contributed by atoms with Gasteiger partial charge in [-0.2, -0.15) is 5.26 Å². The van der Waals surface area contributed by atoms with E-state index in [2.05, 4.69) is 133 Å². The Kier molecular flexibility index (Phi) is 6.17. The number of rotatable bonds is 3. The van der Waals surface area contributed by atoms with Gasteiger partial charge >= 0.3 is 0 Å². The zero-order chi connectivity index (χ0) is 34.4. The van der Waals surface area contributed by atoms with E-state index in [9.17, 15) is 5.26 Å². The van der Waals surface area contributed by atoms with Gasteiger partial charge in [0, 0.05) is 22.1 Å². The summed E-state index contributed by atoms with van der Waals surface area (Å²) >= 11 is 1.76. The van der Waals surface area contributed by atoms with Crippen molar-refractivity contribution in [1.29, 1.82) is 5.26 Å². The average Bonchev–Trinajstić information content (AvgIpc) is 3.83. The molecule has 1 atom stereocenters. The van der Waals surface area contributed by atoms with Gasteiger partial charge in [-0.15, -0.1) is 0 Å². The van der Waals surface area contributed by atoms with Crippen LogP contribution in [0.4, 0.5) is 0 Å². The minimum Gasteiger partial charge on any atom is -0.459 e. The molecule has 0 fully saturated rings. The lowest BCUT2D eigenvalue weighted by molar-refractivity contribution is 0.343. The first kappa shape index (κ1) is 29.2. The molecule has 1 unspecified atom stereocenters. The highest BCUT2D eigenvalue weighted by atomic mass is 32.2. The predicted octanol–water partition coefficient (Wildman–Crippen LogP) is 12.5. The molecule has 0 saturated heterocycles. The Morgan fingerprint density at radius 2 is 1.21 bits per heavy atom. The fourth-order valence-corrected chi connectivity index (χ4v) is 9.72. The lowest BCUT2D eigenvalue weighted by Crippen LogP contribution is -2.30. The van der Waals surface area contributed by atoms with Crippen LogP contribution >= 0.6 is 11.8 Å². The van der Waals surface area contributed by atoms with Crippen LogP contribution in [0, 0.1) is 11.3 Å². The van der Waals surface area contributed by atoms with Gasteiger partial charge in [0.2, 0.25) is 0 Å². The molecule has 2 aliphatic carbocycles. The fourth-order valence-electron chi connectivity index (χ4n) is 8.55. The standard InChI is InChI=1S/C48H27NO2S/c49-28-38-36(30-15-5-2-6-16-30)25-32(29-13-3-1-4-14-29)26-37(38)31-23-24-34-33-17-7-9-19-39(33)48(40(34)27-31)46-44(35-18-8-10-20-41(35)50-46)45-47(48)51-42-21-11-12-22-43(42)52-45/h1-27H. The third-order valence-corrected chi connectivity index (χ3v) is 11.9. The molecule has 0 saturated carbocycles. The fraction of sp³-hybridized carbons (Fsp3) is 0.0208. The Morgan fingerprint density at radius 1 is 0.538 bits per heavy atom. The highest BCUT2D eigenvalue weighted by Crippen LogP contribution is 2.67. The van der Waals surface area contributed by atoms with Gasteiger partial charge in [0.15, 0.2) is 0 Å². The smallest absolute Gasteiger partial charge is 0.141 e. The van der Waals surface area contributed by atoms with E-state index in [-0.39, 0.29) is 0 Å². The lowest BCUT2D eigenvalue weighted by atomic mass is 9.75. The van der Waals surface area contributed by atoms with Gasteiger partial charge in [-0.3, -0.25) is 0 Å². The number of ether oxygens (including phenoxy) is 1. The van der Waals surface area contributed by atoms with E-state index in [1.54, 1.807) is 11.8 Å². The first-order valence-electron chi connectivity index (χ1n) is 17.4. The molecule has 1 aromatic heterocycles. The molecule has 4 heteroatoms. The van der Waals surface area contributed by atoms with Gasteiger partial charge in [0.25, 0.3) is 0 Å². The zero-order valence-corrected chi connectivity index (χ0v) is 28.6. The van der Waals surface area contributed by atoms with Gasteiger partial charge in [-0.05, 0) is 80.9 Å². The molecule has 3 nitrogen and oxygen atoms in total. The highest BCUT2D eigenvalue weighted by molar-refractivity contribution is 8.08. The third kappa shape index (κ3) is 3.92. The summed E-state index contributed by atoms with van der Waals surface area (Å²) in [6.07, 6.45) is 0. The molecule has 0 amide bonds. The van der Waals surface area contributed by atoms with E-state index in [1.165, 1.54) is 0 Å². The first-order chi connectivity index (χ1) is 25.7. The summed E-state index contributed by atoms with van der Waals surface area (Å²) in [7, 11) is 0. The van der Waals surface area contributed by atoms with Crippen molar-refractivity contribution in [2.45, 2.75) is 10.3 Å². The monoisotopic (exact) mass is 681 g/mol. The molecular weight excluding hydrogens is 655 g/mol. The minimum atomic E-state index is -0.835. The van der Waals surface area contributed by atoms with E-state index >= 15 is 0 Å². The second kappa shape index (κ2) is 11.0. The number of allylic oxidation sites excluding steroid dienone is 1. The average molecular weight is 682 g/mol. The molecule has 0 bridgehead atoms. The van der Waals surface area contributed by atoms with Crippen molar-refractivity contribution < 1.29 is 9.15 Å². The van der Waals surface area contributed by atoms with Crippen molar-refractivity contribution in [2.24, 2.45) is 0 Å². The molecule has 242 valence electrons. The number of hydrogen-bond donors (Lipinski definition) is 0. The van der Waals surface area contributed by atoms with E-state index in [1.807, 2.05) is 36.4 Å². The van der Waals surface area contributed by atoms with Crippen LogP contribution in [-0.4, -0.2) is 0 Å². The van der Waals surface area contributed by atoms with Crippen molar-refractivity contribution in [2.75, 3.05) is 0 Å². The highest BCUT2D eigenvalue weighted by Gasteiger charge is 2.59. The Morgan fingerprint density at radius 3 is 2.04 bits per heavy atom. The Labute approximate surface area is 305 Å². The van der Waals surface area contributed by atoms with Crippen LogP contribution < -0.4 is 4.74 Å². The van der Waals surface area contributed by atoms with E-state index < -0.39 is 5.41 Å². The predicted molar refractivity (Wildman–Crippen MR) is 209 cm³/mol. The maximum Gasteiger partial charge on any atom is 0.141 e. The molecule has 52 heavy (non-hydrogen) atoms. The van der Waals surface area contributed by atoms with Crippen LogP contribution in [0.25, 0.3) is 60.4 Å². The summed E-state index contributed by atoms with van der Waals surface area (Å²) in [5, 5.41) is 12.0. The van der Waals surface area contributed by atoms with Crippen LogP contribution in [0.15, 0.2) is 179 Å². The summed E-state index contributed by atoms with van der Waals surface area (Å²) in [4.78, 5) is 2.17. The van der Waals surface area contributed by atoms with Crippen molar-refractivity contribution in [3.63, 3.8) is 0 Å². The van der Waals surface area contributed by atoms with E-state index in [4.69, 9.17) is 9.15 Å². The van der Waals surface area contributed by atoms with Crippen LogP contribution in [-0.2, 0) is 5.41 Å². The number of thioether (sulfide) groups is 1. The molecule has 7 aromatic carbocycles. The molecule has 1 aliphatic heterocycles. The van der Waals surface area contributed by atoms with Gasteiger partial charge in [0.1, 0.15) is 34.3 Å². The second-order valence-corrected chi connectivity index (χ2v) is 14.5. The Bertz CT molecular complexity index is 2860. The van der Waals surface area contributed by atoms with Crippen molar-refractivity contribution >= 4 is 27.6 Å². The summed E-state index contributed by atoms with van der Waals surface area (Å²) < 4.78 is 14.1. The SMILES string of the molecule is N#Cc1c(-c2ccccc2)cc(-c2ccccc2)cc1-c1ccc2c(c1)C1(C3=C(Sc4ccccc4O3)c3c1oc1ccccc31)c1ccccc1-2. The third-order valence-electron chi connectivity index (χ3n) is 10.8. The molecule has 11 rings (SSSR count).